The first kappa shape index (κ1) is 19.0. The molecular weight excluding hydrogens is 380 g/mol. The Hall–Kier alpha value is -3.82. The fraction of sp³-hybridized carbons (Fsp3) is 0. The van der Waals surface area contributed by atoms with Gasteiger partial charge in [-0.1, -0.05) is 17.7 Å². The van der Waals surface area contributed by atoms with Crippen LogP contribution < -0.4 is 5.32 Å². The minimum atomic E-state index is -1.11. The highest BCUT2D eigenvalue weighted by Gasteiger charge is 2.12. The summed E-state index contributed by atoms with van der Waals surface area (Å²) in [5, 5.41) is 21.4. The highest BCUT2D eigenvalue weighted by molar-refractivity contribution is 6.30. The molecule has 0 fully saturated rings. The van der Waals surface area contributed by atoms with Gasteiger partial charge in [0.1, 0.15) is 23.2 Å². The number of carbonyl (C=O) groups is 2. The van der Waals surface area contributed by atoms with Crippen molar-refractivity contribution < 1.29 is 19.1 Å². The van der Waals surface area contributed by atoms with Crippen molar-refractivity contribution in [3.8, 4) is 17.4 Å². The number of furan rings is 1. The molecule has 0 radical (unpaired) electrons. The van der Waals surface area contributed by atoms with Crippen molar-refractivity contribution in [1.29, 1.82) is 5.26 Å². The molecule has 1 aromatic heterocycles. The van der Waals surface area contributed by atoms with Crippen molar-refractivity contribution in [1.82, 2.24) is 0 Å². The maximum Gasteiger partial charge on any atom is 0.335 e. The van der Waals surface area contributed by atoms with Gasteiger partial charge in [0.25, 0.3) is 5.91 Å². The van der Waals surface area contributed by atoms with E-state index in [4.69, 9.17) is 21.1 Å². The number of carbonyl (C=O) groups excluding carboxylic acids is 1. The summed E-state index contributed by atoms with van der Waals surface area (Å²) in [6, 6.07) is 18.0. The average Bonchev–Trinajstić information content (AvgIpc) is 3.15. The number of benzene rings is 2. The highest BCUT2D eigenvalue weighted by atomic mass is 35.5. The van der Waals surface area contributed by atoms with Crippen molar-refractivity contribution in [2.24, 2.45) is 0 Å². The topological polar surface area (TPSA) is 103 Å². The van der Waals surface area contributed by atoms with Gasteiger partial charge in [-0.2, -0.15) is 5.26 Å². The van der Waals surface area contributed by atoms with Crippen molar-refractivity contribution in [2.75, 3.05) is 5.32 Å². The third-order valence-electron chi connectivity index (χ3n) is 3.77. The molecule has 0 atom stereocenters. The molecule has 0 spiro atoms. The van der Waals surface area contributed by atoms with Gasteiger partial charge < -0.3 is 14.8 Å². The van der Waals surface area contributed by atoms with Crippen molar-refractivity contribution in [3.63, 3.8) is 0 Å². The van der Waals surface area contributed by atoms with Crippen LogP contribution in [0.1, 0.15) is 16.1 Å². The minimum absolute atomic E-state index is 0.0268. The molecule has 28 heavy (non-hydrogen) atoms. The Bertz CT molecular complexity index is 1110. The number of anilines is 1. The second-order valence-electron chi connectivity index (χ2n) is 5.72. The largest absolute Gasteiger partial charge is 0.478 e. The van der Waals surface area contributed by atoms with Gasteiger partial charge in [-0.3, -0.25) is 4.79 Å². The summed E-state index contributed by atoms with van der Waals surface area (Å²) >= 11 is 5.87. The molecule has 0 saturated heterocycles. The molecule has 0 unspecified atom stereocenters. The summed E-state index contributed by atoms with van der Waals surface area (Å²) in [6.45, 7) is 0. The fourth-order valence-electron chi connectivity index (χ4n) is 2.42. The summed E-state index contributed by atoms with van der Waals surface area (Å²) in [5.41, 5.74) is 0.918. The standard InChI is InChI=1S/C21H13ClN2O4/c22-16-6-4-13(5-7-16)19-9-8-18(28-19)11-15(12-23)20(25)24-17-3-1-2-14(10-17)21(26)27/h1-11H,(H,24,25)(H,26,27)/b15-11-. The second-order valence-corrected chi connectivity index (χ2v) is 6.16. The number of nitrogens with one attached hydrogen (secondary N) is 1. The third kappa shape index (κ3) is 4.47. The molecule has 2 aromatic carbocycles. The first-order valence-corrected chi connectivity index (χ1v) is 8.46. The van der Waals surface area contributed by atoms with Crippen LogP contribution in [0.25, 0.3) is 17.4 Å². The SMILES string of the molecule is N#C/C(=C/c1ccc(-c2ccc(Cl)cc2)o1)C(=O)Nc1cccc(C(=O)O)c1. The molecule has 0 aliphatic carbocycles. The maximum absolute atomic E-state index is 12.3. The van der Waals surface area contributed by atoms with Crippen LogP contribution >= 0.6 is 11.6 Å². The Morgan fingerprint density at radius 1 is 1.11 bits per heavy atom. The molecule has 7 heteroatoms. The molecule has 3 aromatic rings. The summed E-state index contributed by atoms with van der Waals surface area (Å²) in [7, 11) is 0. The van der Waals surface area contributed by atoms with E-state index in [0.717, 1.165) is 5.56 Å². The van der Waals surface area contributed by atoms with E-state index in [1.165, 1.54) is 30.3 Å². The molecule has 6 nitrogen and oxygen atoms in total. The molecule has 1 amide bonds. The number of nitriles is 1. The monoisotopic (exact) mass is 392 g/mol. The van der Waals surface area contributed by atoms with Crippen LogP contribution in [0.5, 0.6) is 0 Å². The lowest BCUT2D eigenvalue weighted by Gasteiger charge is -2.05. The quantitative estimate of drug-likeness (QED) is 0.477. The van der Waals surface area contributed by atoms with Gasteiger partial charge in [0.05, 0.1) is 5.56 Å². The van der Waals surface area contributed by atoms with Gasteiger partial charge in [0.15, 0.2) is 0 Å². The van der Waals surface area contributed by atoms with E-state index in [1.807, 2.05) is 6.07 Å². The first-order valence-electron chi connectivity index (χ1n) is 8.08. The predicted octanol–water partition coefficient (Wildman–Crippen LogP) is 4.84. The average molecular weight is 393 g/mol. The van der Waals surface area contributed by atoms with Gasteiger partial charge in [-0.25, -0.2) is 4.79 Å². The molecule has 2 N–H and O–H groups in total. The smallest absolute Gasteiger partial charge is 0.335 e. The number of carboxylic acid groups (broad SMARTS) is 1. The van der Waals surface area contributed by atoms with E-state index in [2.05, 4.69) is 5.32 Å². The Kier molecular flexibility index (Phi) is 5.58. The zero-order chi connectivity index (χ0) is 20.1. The highest BCUT2D eigenvalue weighted by Crippen LogP contribution is 2.25. The number of amides is 1. The van der Waals surface area contributed by atoms with E-state index in [1.54, 1.807) is 36.4 Å². The number of carboxylic acids is 1. The van der Waals surface area contributed by atoms with Gasteiger partial charge in [0, 0.05) is 22.3 Å². The van der Waals surface area contributed by atoms with Crippen LogP contribution in [0.3, 0.4) is 0 Å². The van der Waals surface area contributed by atoms with E-state index >= 15 is 0 Å². The van der Waals surface area contributed by atoms with Crippen molar-refractivity contribution in [2.45, 2.75) is 0 Å². The number of nitrogens with zero attached hydrogens (tertiary/aromatic N) is 1. The molecule has 0 bridgehead atoms. The molecule has 0 aliphatic rings. The number of aromatic carboxylic acids is 1. The number of hydrogen-bond donors (Lipinski definition) is 2. The van der Waals surface area contributed by atoms with Gasteiger partial charge in [0.2, 0.25) is 0 Å². The van der Waals surface area contributed by atoms with Crippen LogP contribution in [0.2, 0.25) is 5.02 Å². The normalized spacial score (nSPS) is 10.9. The molecule has 0 saturated carbocycles. The molecule has 1 heterocycles. The molecule has 0 aliphatic heterocycles. The summed E-state index contributed by atoms with van der Waals surface area (Å²) in [6.07, 6.45) is 1.32. The second kappa shape index (κ2) is 8.25. The molecule has 3 rings (SSSR count). The maximum atomic E-state index is 12.3. The third-order valence-corrected chi connectivity index (χ3v) is 4.03. The van der Waals surface area contributed by atoms with E-state index in [9.17, 15) is 14.9 Å². The Balaban J connectivity index is 1.79. The number of rotatable bonds is 5. The minimum Gasteiger partial charge on any atom is -0.478 e. The lowest BCUT2D eigenvalue weighted by Crippen LogP contribution is -2.13. The van der Waals surface area contributed by atoms with Gasteiger partial charge in [-0.05, 0) is 54.6 Å². The van der Waals surface area contributed by atoms with Crippen molar-refractivity contribution >= 4 is 35.2 Å². The Labute approximate surface area is 165 Å². The molecule has 138 valence electrons. The lowest BCUT2D eigenvalue weighted by atomic mass is 10.2. The van der Waals surface area contributed by atoms with Crippen LogP contribution in [0, 0.1) is 11.3 Å². The predicted molar refractivity (Wildman–Crippen MR) is 105 cm³/mol. The number of hydrogen-bond acceptors (Lipinski definition) is 4. The number of halogens is 1. The van der Waals surface area contributed by atoms with Crippen LogP contribution in [0.15, 0.2) is 70.7 Å². The van der Waals surface area contributed by atoms with E-state index in [0.29, 0.717) is 16.5 Å². The first-order chi connectivity index (χ1) is 13.5. The lowest BCUT2D eigenvalue weighted by molar-refractivity contribution is -0.112. The van der Waals surface area contributed by atoms with Gasteiger partial charge >= 0.3 is 5.97 Å². The molecular formula is C21H13ClN2O4. The van der Waals surface area contributed by atoms with Crippen LogP contribution in [-0.2, 0) is 4.79 Å². The van der Waals surface area contributed by atoms with E-state index in [-0.39, 0.29) is 16.8 Å². The summed E-state index contributed by atoms with van der Waals surface area (Å²) in [5.74, 6) is -0.891. The van der Waals surface area contributed by atoms with Crippen LogP contribution in [-0.4, -0.2) is 17.0 Å². The zero-order valence-corrected chi connectivity index (χ0v) is 15.1. The van der Waals surface area contributed by atoms with Crippen LogP contribution in [0.4, 0.5) is 5.69 Å². The summed E-state index contributed by atoms with van der Waals surface area (Å²) < 4.78 is 5.66. The Morgan fingerprint density at radius 3 is 2.54 bits per heavy atom. The van der Waals surface area contributed by atoms with Crippen molar-refractivity contribution in [3.05, 3.63) is 82.6 Å². The summed E-state index contributed by atoms with van der Waals surface area (Å²) in [4.78, 5) is 23.3. The van der Waals surface area contributed by atoms with E-state index < -0.39 is 11.9 Å². The zero-order valence-electron chi connectivity index (χ0n) is 14.3. The Morgan fingerprint density at radius 2 is 1.86 bits per heavy atom. The van der Waals surface area contributed by atoms with Gasteiger partial charge in [-0.15, -0.1) is 0 Å². The fourth-order valence-corrected chi connectivity index (χ4v) is 2.54.